The van der Waals surface area contributed by atoms with Crippen LogP contribution in [0.15, 0.2) is 5.16 Å². The number of fused-ring (bicyclic) bond motifs is 2. The molecule has 3 rings (SSSR count). The molecule has 2 heterocycles. The fourth-order valence-electron chi connectivity index (χ4n) is 2.24. The smallest absolute Gasteiger partial charge is 0.216 e. The van der Waals surface area contributed by atoms with Crippen molar-refractivity contribution in [3.8, 4) is 0 Å². The molecule has 17 heavy (non-hydrogen) atoms. The van der Waals surface area contributed by atoms with Gasteiger partial charge < -0.3 is 0 Å². The minimum atomic E-state index is 0.625. The van der Waals surface area contributed by atoms with Gasteiger partial charge in [-0.15, -0.1) is 5.10 Å². The van der Waals surface area contributed by atoms with Crippen LogP contribution >= 0.6 is 23.4 Å². The quantitative estimate of drug-likeness (QED) is 0.453. The zero-order valence-corrected chi connectivity index (χ0v) is 11.2. The predicted molar refractivity (Wildman–Crippen MR) is 68.8 cm³/mol. The molecule has 0 radical (unpaired) electrons. The number of hydrogen-bond donors (Lipinski definition) is 0. The Kier molecular flexibility index (Phi) is 2.96. The monoisotopic (exact) mass is 268 g/mol. The zero-order valence-electron chi connectivity index (χ0n) is 9.61. The van der Waals surface area contributed by atoms with E-state index in [0.29, 0.717) is 10.9 Å². The Balaban J connectivity index is 2.23. The number of aromatic nitrogens is 4. The fourth-order valence-corrected chi connectivity index (χ4v) is 2.89. The third kappa shape index (κ3) is 1.91. The van der Waals surface area contributed by atoms with E-state index >= 15 is 0 Å². The Morgan fingerprint density at radius 1 is 1.18 bits per heavy atom. The molecule has 1 aliphatic rings. The van der Waals surface area contributed by atoms with Crippen molar-refractivity contribution >= 4 is 29.1 Å². The summed E-state index contributed by atoms with van der Waals surface area (Å²) in [6.07, 6.45) is 7.59. The molecular formula is C11H13ClN4S. The summed E-state index contributed by atoms with van der Waals surface area (Å²) in [6, 6.07) is 0. The van der Waals surface area contributed by atoms with Gasteiger partial charge in [0.05, 0.1) is 5.69 Å². The van der Waals surface area contributed by atoms with Gasteiger partial charge in [0.15, 0.2) is 0 Å². The number of thioether (sulfide) groups is 1. The van der Waals surface area contributed by atoms with Crippen LogP contribution in [0.1, 0.15) is 30.5 Å². The lowest BCUT2D eigenvalue weighted by molar-refractivity contribution is 0.708. The molecule has 0 aliphatic heterocycles. The number of hydrogen-bond acceptors (Lipinski definition) is 4. The summed E-state index contributed by atoms with van der Waals surface area (Å²) in [5.41, 5.74) is 2.27. The number of nitrogens with zero attached hydrogens (tertiary/aromatic N) is 4. The first-order chi connectivity index (χ1) is 8.29. The second-order valence-electron chi connectivity index (χ2n) is 4.20. The molecule has 2 aromatic rings. The Labute approximate surface area is 109 Å². The highest BCUT2D eigenvalue weighted by Gasteiger charge is 2.18. The molecule has 0 amide bonds. The molecule has 0 spiro atoms. The van der Waals surface area contributed by atoms with Crippen molar-refractivity contribution < 1.29 is 0 Å². The normalized spacial score (nSPS) is 15.9. The van der Waals surface area contributed by atoms with Crippen LogP contribution in [0, 0.1) is 0 Å². The Bertz CT molecular complexity index is 566. The standard InChI is InChI=1S/C11H13ClN4S/c1-17-11-14-10-13-8-6-4-2-3-5-7(8)9(12)16(10)15-11/h2-6H2,1H3. The van der Waals surface area contributed by atoms with E-state index in [1.54, 1.807) is 4.52 Å². The molecule has 0 saturated heterocycles. The number of halogens is 1. The summed E-state index contributed by atoms with van der Waals surface area (Å²) in [6.45, 7) is 0. The van der Waals surface area contributed by atoms with Crippen LogP contribution in [0.25, 0.3) is 5.78 Å². The van der Waals surface area contributed by atoms with Crippen LogP contribution in [0.2, 0.25) is 5.15 Å². The van der Waals surface area contributed by atoms with Crippen molar-refractivity contribution in [3.63, 3.8) is 0 Å². The van der Waals surface area contributed by atoms with Crippen LogP contribution in [-0.4, -0.2) is 25.8 Å². The summed E-state index contributed by atoms with van der Waals surface area (Å²) >= 11 is 7.92. The van der Waals surface area contributed by atoms with Crippen molar-refractivity contribution in [1.82, 2.24) is 19.6 Å². The minimum absolute atomic E-state index is 0.625. The summed E-state index contributed by atoms with van der Waals surface area (Å²) in [5.74, 6) is 0.625. The first kappa shape index (κ1) is 11.3. The third-order valence-corrected chi connectivity index (χ3v) is 4.04. The van der Waals surface area contributed by atoms with E-state index < -0.39 is 0 Å². The Hall–Kier alpha value is -0.810. The SMILES string of the molecule is CSc1nc2nc3c(c(Cl)n2n1)CCCCC3. The summed E-state index contributed by atoms with van der Waals surface area (Å²) < 4.78 is 1.66. The average molecular weight is 269 g/mol. The van der Waals surface area contributed by atoms with Crippen LogP contribution in [-0.2, 0) is 12.8 Å². The lowest BCUT2D eigenvalue weighted by Gasteiger charge is -2.07. The molecule has 0 saturated carbocycles. The van der Waals surface area contributed by atoms with E-state index in [0.717, 1.165) is 29.3 Å². The maximum atomic E-state index is 6.41. The highest BCUT2D eigenvalue weighted by molar-refractivity contribution is 7.98. The summed E-state index contributed by atoms with van der Waals surface area (Å²) in [4.78, 5) is 8.95. The average Bonchev–Trinajstić information content (AvgIpc) is 2.60. The molecule has 0 N–H and O–H groups in total. The summed E-state index contributed by atoms with van der Waals surface area (Å²) in [7, 11) is 0. The molecular weight excluding hydrogens is 256 g/mol. The third-order valence-electron chi connectivity index (χ3n) is 3.11. The lowest BCUT2D eigenvalue weighted by Crippen LogP contribution is -2.04. The van der Waals surface area contributed by atoms with Gasteiger partial charge in [0.25, 0.3) is 5.78 Å². The van der Waals surface area contributed by atoms with Crippen molar-refractivity contribution in [1.29, 1.82) is 0 Å². The van der Waals surface area contributed by atoms with E-state index in [1.165, 1.54) is 31.0 Å². The van der Waals surface area contributed by atoms with Crippen LogP contribution in [0.3, 0.4) is 0 Å². The Morgan fingerprint density at radius 2 is 2.00 bits per heavy atom. The van der Waals surface area contributed by atoms with Crippen LogP contribution < -0.4 is 0 Å². The molecule has 0 fully saturated rings. The largest absolute Gasteiger partial charge is 0.254 e. The van der Waals surface area contributed by atoms with E-state index in [9.17, 15) is 0 Å². The zero-order chi connectivity index (χ0) is 11.8. The molecule has 2 aromatic heterocycles. The van der Waals surface area contributed by atoms with Gasteiger partial charge in [-0.05, 0) is 31.9 Å². The molecule has 90 valence electrons. The maximum absolute atomic E-state index is 6.41. The van der Waals surface area contributed by atoms with Crippen molar-refractivity contribution in [2.75, 3.05) is 6.26 Å². The maximum Gasteiger partial charge on any atom is 0.254 e. The van der Waals surface area contributed by atoms with E-state index in [4.69, 9.17) is 11.6 Å². The van der Waals surface area contributed by atoms with E-state index in [1.807, 2.05) is 6.26 Å². The van der Waals surface area contributed by atoms with Crippen molar-refractivity contribution in [3.05, 3.63) is 16.4 Å². The summed E-state index contributed by atoms with van der Waals surface area (Å²) in [5, 5.41) is 5.76. The highest BCUT2D eigenvalue weighted by Crippen LogP contribution is 2.27. The van der Waals surface area contributed by atoms with Gasteiger partial charge in [-0.3, -0.25) is 0 Å². The van der Waals surface area contributed by atoms with E-state index in [2.05, 4.69) is 15.1 Å². The first-order valence-electron chi connectivity index (χ1n) is 5.77. The number of aryl methyl sites for hydroxylation is 1. The van der Waals surface area contributed by atoms with Crippen LogP contribution in [0.5, 0.6) is 0 Å². The lowest BCUT2D eigenvalue weighted by atomic mass is 10.1. The topological polar surface area (TPSA) is 43.1 Å². The molecule has 0 atom stereocenters. The second kappa shape index (κ2) is 4.46. The van der Waals surface area contributed by atoms with Crippen molar-refractivity contribution in [2.45, 2.75) is 37.3 Å². The van der Waals surface area contributed by atoms with Gasteiger partial charge >= 0.3 is 0 Å². The molecule has 0 unspecified atom stereocenters. The molecule has 0 bridgehead atoms. The molecule has 4 nitrogen and oxygen atoms in total. The van der Waals surface area contributed by atoms with Crippen molar-refractivity contribution in [2.24, 2.45) is 0 Å². The molecule has 6 heteroatoms. The second-order valence-corrected chi connectivity index (χ2v) is 5.33. The van der Waals surface area contributed by atoms with Gasteiger partial charge in [0.2, 0.25) is 5.16 Å². The van der Waals surface area contributed by atoms with Gasteiger partial charge in [0.1, 0.15) is 5.15 Å². The first-order valence-corrected chi connectivity index (χ1v) is 7.38. The molecule has 0 aromatic carbocycles. The van der Waals surface area contributed by atoms with Gasteiger partial charge in [0, 0.05) is 5.56 Å². The van der Waals surface area contributed by atoms with Gasteiger partial charge in [-0.2, -0.15) is 9.50 Å². The number of rotatable bonds is 1. The highest BCUT2D eigenvalue weighted by atomic mass is 35.5. The van der Waals surface area contributed by atoms with Crippen LogP contribution in [0.4, 0.5) is 0 Å². The van der Waals surface area contributed by atoms with Gasteiger partial charge in [-0.1, -0.05) is 29.8 Å². The Morgan fingerprint density at radius 3 is 2.82 bits per heavy atom. The van der Waals surface area contributed by atoms with E-state index in [-0.39, 0.29) is 0 Å². The fraction of sp³-hybridized carbons (Fsp3) is 0.545. The molecule has 1 aliphatic carbocycles. The minimum Gasteiger partial charge on any atom is -0.216 e. The van der Waals surface area contributed by atoms with Gasteiger partial charge in [-0.25, -0.2) is 4.98 Å². The predicted octanol–water partition coefficient (Wildman–Crippen LogP) is 2.77.